The van der Waals surface area contributed by atoms with Gasteiger partial charge in [0.25, 0.3) is 0 Å². The van der Waals surface area contributed by atoms with Gasteiger partial charge in [0.1, 0.15) is 6.61 Å². The summed E-state index contributed by atoms with van der Waals surface area (Å²) < 4.78 is 0. The maximum atomic E-state index is 11.8. The molecule has 0 aliphatic rings. The quantitative estimate of drug-likeness (QED) is 0.834. The van der Waals surface area contributed by atoms with Gasteiger partial charge in [0.15, 0.2) is 0 Å². The molecule has 0 fully saturated rings. The van der Waals surface area contributed by atoms with Crippen LogP contribution < -0.4 is 5.32 Å². The third-order valence-corrected chi connectivity index (χ3v) is 3.43. The highest BCUT2D eigenvalue weighted by Gasteiger charge is 2.05. The van der Waals surface area contributed by atoms with Crippen LogP contribution in [0.15, 0.2) is 35.8 Å². The summed E-state index contributed by atoms with van der Waals surface area (Å²) in [6.07, 6.45) is 1.96. The maximum Gasteiger partial charge on any atom is 0.226 e. The van der Waals surface area contributed by atoms with Gasteiger partial charge in [0.2, 0.25) is 5.91 Å². The molecule has 0 aliphatic heterocycles. The number of pyridine rings is 1. The molecule has 2 heterocycles. The molecule has 2 aromatic rings. The van der Waals surface area contributed by atoms with E-state index in [1.165, 1.54) is 11.3 Å². The van der Waals surface area contributed by atoms with Crippen molar-refractivity contribution in [3.63, 3.8) is 0 Å². The fourth-order valence-corrected chi connectivity index (χ4v) is 2.35. The highest BCUT2D eigenvalue weighted by Crippen LogP contribution is 2.13. The highest BCUT2D eigenvalue weighted by molar-refractivity contribution is 7.10. The van der Waals surface area contributed by atoms with Crippen LogP contribution in [0, 0.1) is 11.8 Å². The predicted molar refractivity (Wildman–Crippen MR) is 78.1 cm³/mol. The summed E-state index contributed by atoms with van der Waals surface area (Å²) in [6.45, 7) is 0.336. The molecule has 0 unspecified atom stereocenters. The zero-order valence-electron chi connectivity index (χ0n) is 10.8. The molecule has 2 aromatic heterocycles. The van der Waals surface area contributed by atoms with E-state index in [2.05, 4.69) is 22.1 Å². The van der Waals surface area contributed by atoms with Crippen LogP contribution in [-0.2, 0) is 17.8 Å². The Morgan fingerprint density at radius 3 is 3.10 bits per heavy atom. The van der Waals surface area contributed by atoms with Gasteiger partial charge in [-0.15, -0.1) is 11.3 Å². The van der Waals surface area contributed by atoms with Gasteiger partial charge in [0, 0.05) is 27.7 Å². The Hall–Kier alpha value is -2.16. The molecule has 2 rings (SSSR count). The molecule has 0 saturated carbocycles. The number of aromatic nitrogens is 1. The normalized spacial score (nSPS) is 9.65. The average molecular weight is 286 g/mol. The minimum Gasteiger partial charge on any atom is -0.384 e. The number of rotatable bonds is 4. The van der Waals surface area contributed by atoms with Crippen molar-refractivity contribution in [3.05, 3.63) is 52.0 Å². The number of hydrogen-bond acceptors (Lipinski definition) is 4. The molecule has 0 bridgehead atoms. The van der Waals surface area contributed by atoms with Crippen molar-refractivity contribution < 1.29 is 9.90 Å². The smallest absolute Gasteiger partial charge is 0.226 e. The second-order valence-corrected chi connectivity index (χ2v) is 5.03. The largest absolute Gasteiger partial charge is 0.384 e. The van der Waals surface area contributed by atoms with Crippen molar-refractivity contribution in [3.8, 4) is 11.8 Å². The van der Waals surface area contributed by atoms with Crippen LogP contribution in [0.3, 0.4) is 0 Å². The summed E-state index contributed by atoms with van der Waals surface area (Å²) in [5, 5.41) is 13.4. The number of thiophene rings is 1. The number of carbonyl (C=O) groups excluding carboxylic acids is 1. The zero-order valence-corrected chi connectivity index (χ0v) is 11.6. The first-order valence-electron chi connectivity index (χ1n) is 6.11. The van der Waals surface area contributed by atoms with Crippen LogP contribution in [0.2, 0.25) is 0 Å². The van der Waals surface area contributed by atoms with Crippen LogP contribution in [0.4, 0.5) is 0 Å². The molecule has 0 atom stereocenters. The van der Waals surface area contributed by atoms with Crippen LogP contribution in [0.25, 0.3) is 0 Å². The van der Waals surface area contributed by atoms with Gasteiger partial charge in [-0.25, -0.2) is 0 Å². The fraction of sp³-hybridized carbons (Fsp3) is 0.200. The molecular weight excluding hydrogens is 272 g/mol. The van der Waals surface area contributed by atoms with Gasteiger partial charge in [0.05, 0.1) is 13.0 Å². The van der Waals surface area contributed by atoms with E-state index >= 15 is 0 Å². The van der Waals surface area contributed by atoms with E-state index in [9.17, 15) is 4.79 Å². The minimum absolute atomic E-state index is 0.0555. The molecule has 0 aromatic carbocycles. The van der Waals surface area contributed by atoms with Crippen molar-refractivity contribution in [1.82, 2.24) is 10.3 Å². The highest BCUT2D eigenvalue weighted by atomic mass is 32.1. The number of aliphatic hydroxyl groups excluding tert-OH is 1. The lowest BCUT2D eigenvalue weighted by atomic mass is 10.2. The van der Waals surface area contributed by atoms with E-state index in [-0.39, 0.29) is 18.9 Å². The Kier molecular flexibility index (Phi) is 5.30. The molecule has 102 valence electrons. The predicted octanol–water partition coefficient (Wildman–Crippen LogP) is 1.35. The molecule has 0 saturated heterocycles. The van der Waals surface area contributed by atoms with E-state index < -0.39 is 0 Å². The number of nitrogens with one attached hydrogen (secondary N) is 1. The fourth-order valence-electron chi connectivity index (χ4n) is 1.60. The summed E-state index contributed by atoms with van der Waals surface area (Å²) in [5.41, 5.74) is 1.61. The number of hydrogen-bond donors (Lipinski definition) is 2. The van der Waals surface area contributed by atoms with Gasteiger partial charge in [-0.1, -0.05) is 17.9 Å². The van der Waals surface area contributed by atoms with E-state index in [0.717, 1.165) is 16.1 Å². The van der Waals surface area contributed by atoms with Crippen molar-refractivity contribution in [1.29, 1.82) is 0 Å². The SMILES string of the molecule is O=C(Cc1ccccn1)NCc1cc(C#CCO)cs1. The molecule has 1 amide bonds. The van der Waals surface area contributed by atoms with Crippen molar-refractivity contribution in [2.75, 3.05) is 6.61 Å². The molecule has 0 radical (unpaired) electrons. The van der Waals surface area contributed by atoms with E-state index in [0.29, 0.717) is 6.54 Å². The second kappa shape index (κ2) is 7.43. The molecule has 2 N–H and O–H groups in total. The van der Waals surface area contributed by atoms with Crippen LogP contribution >= 0.6 is 11.3 Å². The van der Waals surface area contributed by atoms with Crippen molar-refractivity contribution >= 4 is 17.2 Å². The van der Waals surface area contributed by atoms with E-state index in [1.807, 2.05) is 29.6 Å². The number of nitrogens with zero attached hydrogens (tertiary/aromatic N) is 1. The Morgan fingerprint density at radius 1 is 1.45 bits per heavy atom. The van der Waals surface area contributed by atoms with Crippen molar-refractivity contribution in [2.45, 2.75) is 13.0 Å². The molecular formula is C15H14N2O2S. The van der Waals surface area contributed by atoms with Gasteiger partial charge in [-0.2, -0.15) is 0 Å². The topological polar surface area (TPSA) is 62.2 Å². The zero-order chi connectivity index (χ0) is 14.2. The van der Waals surface area contributed by atoms with Crippen LogP contribution in [-0.4, -0.2) is 22.6 Å². The Bertz CT molecular complexity index is 626. The molecule has 5 heteroatoms. The second-order valence-electron chi connectivity index (χ2n) is 4.04. The summed E-state index contributed by atoms with van der Waals surface area (Å²) >= 11 is 1.53. The van der Waals surface area contributed by atoms with Crippen LogP contribution in [0.1, 0.15) is 16.1 Å². The summed E-state index contributed by atoms with van der Waals surface area (Å²) in [4.78, 5) is 16.9. The van der Waals surface area contributed by atoms with Crippen LogP contribution in [0.5, 0.6) is 0 Å². The maximum absolute atomic E-state index is 11.8. The third kappa shape index (κ3) is 4.50. The molecule has 0 spiro atoms. The number of carbonyl (C=O) groups is 1. The lowest BCUT2D eigenvalue weighted by molar-refractivity contribution is -0.120. The van der Waals surface area contributed by atoms with E-state index in [4.69, 9.17) is 5.11 Å². The Morgan fingerprint density at radius 2 is 2.35 bits per heavy atom. The molecule has 20 heavy (non-hydrogen) atoms. The van der Waals surface area contributed by atoms with Gasteiger partial charge in [-0.3, -0.25) is 9.78 Å². The first-order valence-corrected chi connectivity index (χ1v) is 6.99. The average Bonchev–Trinajstić information content (AvgIpc) is 2.92. The van der Waals surface area contributed by atoms with Crippen molar-refractivity contribution in [2.24, 2.45) is 0 Å². The standard InChI is InChI=1S/C15H14N2O2S/c18-7-3-4-12-8-14(20-11-12)10-17-15(19)9-13-5-1-2-6-16-13/h1-2,5-6,8,11,18H,7,9-10H2,(H,17,19). The lowest BCUT2D eigenvalue weighted by Crippen LogP contribution is -2.24. The number of amides is 1. The van der Waals surface area contributed by atoms with Gasteiger partial charge < -0.3 is 10.4 Å². The Balaban J connectivity index is 1.83. The first-order chi connectivity index (χ1) is 9.78. The number of aliphatic hydroxyl groups is 1. The minimum atomic E-state index is -0.147. The summed E-state index contributed by atoms with van der Waals surface area (Å²) in [6, 6.07) is 7.42. The molecule has 0 aliphatic carbocycles. The van der Waals surface area contributed by atoms with Gasteiger partial charge in [-0.05, 0) is 18.2 Å². The molecule has 4 nitrogen and oxygen atoms in total. The monoisotopic (exact) mass is 286 g/mol. The summed E-state index contributed by atoms with van der Waals surface area (Å²) in [5.74, 6) is 5.37. The lowest BCUT2D eigenvalue weighted by Gasteiger charge is -2.02. The van der Waals surface area contributed by atoms with Gasteiger partial charge >= 0.3 is 0 Å². The summed E-state index contributed by atoms with van der Waals surface area (Å²) in [7, 11) is 0. The Labute approximate surface area is 121 Å². The van der Waals surface area contributed by atoms with E-state index in [1.54, 1.807) is 6.20 Å². The third-order valence-electron chi connectivity index (χ3n) is 2.49. The first kappa shape index (κ1) is 14.3.